The van der Waals surface area contributed by atoms with Crippen LogP contribution in [0.3, 0.4) is 0 Å². The first-order valence-corrected chi connectivity index (χ1v) is 5.07. The van der Waals surface area contributed by atoms with Crippen LogP contribution in [0.15, 0.2) is 0 Å². The van der Waals surface area contributed by atoms with E-state index in [4.69, 9.17) is 0 Å². The van der Waals surface area contributed by atoms with Gasteiger partial charge >= 0.3 is 0 Å². The van der Waals surface area contributed by atoms with Gasteiger partial charge in [-0.15, -0.1) is 0 Å². The van der Waals surface area contributed by atoms with Gasteiger partial charge in [0.25, 0.3) is 0 Å². The summed E-state index contributed by atoms with van der Waals surface area (Å²) in [5.41, 5.74) is 0. The number of hydrogen-bond donors (Lipinski definition) is 1. The van der Waals surface area contributed by atoms with Crippen molar-refractivity contribution in [3.05, 3.63) is 6.42 Å². The Hall–Kier alpha value is -0.0500. The Bertz CT molecular complexity index is 122. The second-order valence-corrected chi connectivity index (χ2v) is 3.39. The molecule has 10 heavy (non-hydrogen) atoms. The van der Waals surface area contributed by atoms with Crippen molar-refractivity contribution in [3.8, 4) is 0 Å². The average Bonchev–Trinajstić information content (AvgIpc) is 1.87. The van der Waals surface area contributed by atoms with Gasteiger partial charge in [0.1, 0.15) is 10.7 Å². The molecule has 0 aromatic rings. The summed E-state index contributed by atoms with van der Waals surface area (Å²) in [6.07, 6.45) is 6.18. The van der Waals surface area contributed by atoms with Gasteiger partial charge in [0.15, 0.2) is 0 Å². The van der Waals surface area contributed by atoms with Gasteiger partial charge in [-0.25, -0.2) is 8.42 Å². The summed E-state index contributed by atoms with van der Waals surface area (Å²) in [5, 5.41) is 0. The van der Waals surface area contributed by atoms with Crippen LogP contribution in [0.25, 0.3) is 0 Å². The number of unbranched alkanes of at least 4 members (excludes halogenated alkanes) is 4. The van der Waals surface area contributed by atoms with Crippen molar-refractivity contribution >= 4 is 10.7 Å². The van der Waals surface area contributed by atoms with Gasteiger partial charge in [-0.2, -0.15) is 0 Å². The monoisotopic (exact) mass is 163 g/mol. The molecular formula is C7H15O2S. The molecule has 0 saturated heterocycles. The fourth-order valence-corrected chi connectivity index (χ4v) is 1.08. The lowest BCUT2D eigenvalue weighted by atomic mass is 10.2. The fraction of sp³-hybridized carbons (Fsp3) is 0.857. The molecular weight excluding hydrogens is 148 g/mol. The maximum Gasteiger partial charge on any atom is 0.140 e. The largest absolute Gasteiger partial charge is 0.232 e. The summed E-state index contributed by atoms with van der Waals surface area (Å²) in [6.45, 7) is 2.13. The van der Waals surface area contributed by atoms with Crippen molar-refractivity contribution in [2.24, 2.45) is 0 Å². The minimum Gasteiger partial charge on any atom is -0.232 e. The lowest BCUT2D eigenvalue weighted by molar-refractivity contribution is 0.612. The SMILES string of the molecule is CCCC[CH]CC[SH](=O)=O. The molecule has 0 aromatic heterocycles. The molecule has 0 aliphatic carbocycles. The highest BCUT2D eigenvalue weighted by molar-refractivity contribution is 7.72. The highest BCUT2D eigenvalue weighted by atomic mass is 32.2. The molecule has 0 spiro atoms. The average molecular weight is 163 g/mol. The van der Waals surface area contributed by atoms with E-state index in [2.05, 4.69) is 13.3 Å². The Morgan fingerprint density at radius 3 is 2.50 bits per heavy atom. The molecule has 61 valence electrons. The fourth-order valence-electron chi connectivity index (χ4n) is 0.689. The standard InChI is InChI=1S/C7H15O2S/c1-2-3-4-5-6-7-10(8)9/h5,10H,2-4,6-7H2,1H3. The van der Waals surface area contributed by atoms with Gasteiger partial charge in [0, 0.05) is 5.75 Å². The molecule has 0 saturated carbocycles. The van der Waals surface area contributed by atoms with E-state index < -0.39 is 10.7 Å². The first-order valence-electron chi connectivity index (χ1n) is 3.70. The van der Waals surface area contributed by atoms with Crippen molar-refractivity contribution < 1.29 is 8.42 Å². The zero-order valence-electron chi connectivity index (χ0n) is 6.38. The molecule has 3 heteroatoms. The number of hydrogen-bond acceptors (Lipinski definition) is 2. The molecule has 0 amide bonds. The Morgan fingerprint density at radius 2 is 2.00 bits per heavy atom. The van der Waals surface area contributed by atoms with Gasteiger partial charge in [-0.3, -0.25) is 0 Å². The van der Waals surface area contributed by atoms with Crippen LogP contribution in [0, 0.1) is 6.42 Å². The molecule has 0 atom stereocenters. The first-order chi connectivity index (χ1) is 4.77. The predicted molar refractivity (Wildman–Crippen MR) is 43.6 cm³/mol. The molecule has 0 aliphatic heterocycles. The lowest BCUT2D eigenvalue weighted by Crippen LogP contribution is -1.87. The molecule has 0 rings (SSSR count). The Morgan fingerprint density at radius 1 is 1.30 bits per heavy atom. The lowest BCUT2D eigenvalue weighted by Gasteiger charge is -1.93. The van der Waals surface area contributed by atoms with Crippen LogP contribution < -0.4 is 0 Å². The van der Waals surface area contributed by atoms with Crippen LogP contribution in [-0.4, -0.2) is 14.2 Å². The van der Waals surface area contributed by atoms with Crippen molar-refractivity contribution in [2.75, 3.05) is 5.75 Å². The quantitative estimate of drug-likeness (QED) is 0.474. The van der Waals surface area contributed by atoms with Gasteiger partial charge < -0.3 is 0 Å². The van der Waals surface area contributed by atoms with Gasteiger partial charge in [-0.1, -0.05) is 26.2 Å². The minimum absolute atomic E-state index is 0.318. The third-order valence-corrected chi connectivity index (χ3v) is 1.90. The number of rotatable bonds is 6. The van der Waals surface area contributed by atoms with E-state index in [9.17, 15) is 8.42 Å². The smallest absolute Gasteiger partial charge is 0.140 e. The summed E-state index contributed by atoms with van der Waals surface area (Å²) in [7, 11) is -2.15. The van der Waals surface area contributed by atoms with Gasteiger partial charge in [0.05, 0.1) is 0 Å². The summed E-state index contributed by atoms with van der Waals surface area (Å²) < 4.78 is 20.1. The Labute approximate surface area is 64.6 Å². The van der Waals surface area contributed by atoms with E-state index in [0.29, 0.717) is 5.75 Å². The van der Waals surface area contributed by atoms with Crippen molar-refractivity contribution in [2.45, 2.75) is 32.6 Å². The van der Waals surface area contributed by atoms with Crippen LogP contribution in [0.5, 0.6) is 0 Å². The van der Waals surface area contributed by atoms with Crippen LogP contribution >= 0.6 is 0 Å². The molecule has 0 fully saturated rings. The van der Waals surface area contributed by atoms with E-state index in [-0.39, 0.29) is 0 Å². The molecule has 0 unspecified atom stereocenters. The van der Waals surface area contributed by atoms with Gasteiger partial charge in [0.2, 0.25) is 0 Å². The molecule has 0 heterocycles. The van der Waals surface area contributed by atoms with E-state index in [0.717, 1.165) is 12.8 Å². The highest BCUT2D eigenvalue weighted by Gasteiger charge is 1.89. The summed E-state index contributed by atoms with van der Waals surface area (Å²) in [6, 6.07) is 0. The van der Waals surface area contributed by atoms with Crippen LogP contribution in [0.4, 0.5) is 0 Å². The summed E-state index contributed by atoms with van der Waals surface area (Å²) >= 11 is 0. The molecule has 0 N–H and O–H groups in total. The second-order valence-electron chi connectivity index (χ2n) is 2.28. The molecule has 0 bridgehead atoms. The van der Waals surface area contributed by atoms with Crippen LogP contribution in [0.1, 0.15) is 32.6 Å². The van der Waals surface area contributed by atoms with E-state index in [1.807, 2.05) is 0 Å². The summed E-state index contributed by atoms with van der Waals surface area (Å²) in [5.74, 6) is 0.318. The zero-order valence-corrected chi connectivity index (χ0v) is 7.27. The Kier molecular flexibility index (Phi) is 7.03. The third kappa shape index (κ3) is 7.95. The minimum atomic E-state index is -2.15. The Balaban J connectivity index is 2.91. The molecule has 0 aromatic carbocycles. The maximum atomic E-state index is 10.0. The van der Waals surface area contributed by atoms with Crippen LogP contribution in [0.2, 0.25) is 0 Å². The van der Waals surface area contributed by atoms with E-state index in [1.165, 1.54) is 12.8 Å². The third-order valence-electron chi connectivity index (χ3n) is 1.28. The summed E-state index contributed by atoms with van der Waals surface area (Å²) in [4.78, 5) is 0. The molecule has 1 radical (unpaired) electrons. The highest BCUT2D eigenvalue weighted by Crippen LogP contribution is 2.00. The van der Waals surface area contributed by atoms with Crippen molar-refractivity contribution in [1.82, 2.24) is 0 Å². The predicted octanol–water partition coefficient (Wildman–Crippen LogP) is 1.38. The maximum absolute atomic E-state index is 10.0. The second kappa shape index (κ2) is 7.06. The van der Waals surface area contributed by atoms with E-state index in [1.54, 1.807) is 0 Å². The topological polar surface area (TPSA) is 34.1 Å². The number of thiol groups is 1. The van der Waals surface area contributed by atoms with Crippen molar-refractivity contribution in [3.63, 3.8) is 0 Å². The molecule has 0 aliphatic rings. The zero-order chi connectivity index (χ0) is 7.82. The first kappa shape index (κ1) is 9.95. The molecule has 2 nitrogen and oxygen atoms in total. The van der Waals surface area contributed by atoms with E-state index >= 15 is 0 Å². The normalized spacial score (nSPS) is 10.6. The van der Waals surface area contributed by atoms with Crippen LogP contribution in [-0.2, 0) is 10.7 Å². The van der Waals surface area contributed by atoms with Gasteiger partial charge in [-0.05, 0) is 12.8 Å². The van der Waals surface area contributed by atoms with Crippen molar-refractivity contribution in [1.29, 1.82) is 0 Å².